The van der Waals surface area contributed by atoms with Crippen LogP contribution in [0.1, 0.15) is 19.3 Å². The molecule has 0 bridgehead atoms. The van der Waals surface area contributed by atoms with Gasteiger partial charge in [-0.2, -0.15) is 0 Å². The van der Waals surface area contributed by atoms with E-state index >= 15 is 0 Å². The van der Waals surface area contributed by atoms with Gasteiger partial charge in [-0.3, -0.25) is 0 Å². The maximum Gasteiger partial charge on any atom is 0.0666 e. The second kappa shape index (κ2) is 7.30. The standard InChI is InChI=1S/C10H24N2O/c1-11(2)8-6-5-7-10(13)9-12(3)4/h10,13H,5-9H2,1-4H3. The van der Waals surface area contributed by atoms with Crippen LogP contribution in [0, 0.1) is 0 Å². The Kier molecular flexibility index (Phi) is 7.23. The van der Waals surface area contributed by atoms with Gasteiger partial charge in [-0.05, 0) is 54.0 Å². The van der Waals surface area contributed by atoms with E-state index in [1.165, 1.54) is 6.42 Å². The second-order valence-corrected chi connectivity index (χ2v) is 4.22. The molecule has 0 aliphatic carbocycles. The molecular formula is C10H24N2O. The summed E-state index contributed by atoms with van der Waals surface area (Å²) in [4.78, 5) is 4.20. The van der Waals surface area contributed by atoms with Gasteiger partial charge in [-0.1, -0.05) is 0 Å². The van der Waals surface area contributed by atoms with Gasteiger partial charge in [0.2, 0.25) is 0 Å². The van der Waals surface area contributed by atoms with Gasteiger partial charge in [-0.15, -0.1) is 0 Å². The van der Waals surface area contributed by atoms with Crippen molar-refractivity contribution in [2.75, 3.05) is 41.3 Å². The van der Waals surface area contributed by atoms with Crippen LogP contribution in [0.25, 0.3) is 0 Å². The minimum atomic E-state index is -0.155. The highest BCUT2D eigenvalue weighted by molar-refractivity contribution is 4.59. The average Bonchev–Trinajstić information content (AvgIpc) is 1.96. The molecule has 0 spiro atoms. The van der Waals surface area contributed by atoms with E-state index in [0.29, 0.717) is 0 Å². The van der Waals surface area contributed by atoms with Gasteiger partial charge in [0.15, 0.2) is 0 Å². The number of rotatable bonds is 7. The minimum absolute atomic E-state index is 0.155. The van der Waals surface area contributed by atoms with Crippen LogP contribution in [0.15, 0.2) is 0 Å². The van der Waals surface area contributed by atoms with Gasteiger partial charge in [-0.25, -0.2) is 0 Å². The molecule has 13 heavy (non-hydrogen) atoms. The highest BCUT2D eigenvalue weighted by atomic mass is 16.3. The fraction of sp³-hybridized carbons (Fsp3) is 1.00. The maximum atomic E-state index is 9.53. The fourth-order valence-corrected chi connectivity index (χ4v) is 1.32. The van der Waals surface area contributed by atoms with Gasteiger partial charge in [0, 0.05) is 6.54 Å². The van der Waals surface area contributed by atoms with Gasteiger partial charge in [0.25, 0.3) is 0 Å². The molecule has 0 saturated heterocycles. The first-order chi connectivity index (χ1) is 6.02. The number of likely N-dealkylation sites (N-methyl/N-ethyl adjacent to an activating group) is 1. The van der Waals surface area contributed by atoms with Crippen LogP contribution in [0.3, 0.4) is 0 Å². The lowest BCUT2D eigenvalue weighted by atomic mass is 10.1. The average molecular weight is 188 g/mol. The van der Waals surface area contributed by atoms with Crippen LogP contribution >= 0.6 is 0 Å². The largest absolute Gasteiger partial charge is 0.392 e. The summed E-state index contributed by atoms with van der Waals surface area (Å²) in [6.07, 6.45) is 3.06. The zero-order valence-electron chi connectivity index (χ0n) is 9.45. The Bertz CT molecular complexity index is 115. The summed E-state index contributed by atoms with van der Waals surface area (Å²) in [6, 6.07) is 0. The van der Waals surface area contributed by atoms with Crippen molar-refractivity contribution < 1.29 is 5.11 Å². The third-order valence-electron chi connectivity index (χ3n) is 1.97. The molecule has 0 radical (unpaired) electrons. The second-order valence-electron chi connectivity index (χ2n) is 4.22. The molecule has 0 aromatic heterocycles. The summed E-state index contributed by atoms with van der Waals surface area (Å²) < 4.78 is 0. The third kappa shape index (κ3) is 9.80. The molecule has 0 aliphatic heterocycles. The summed E-state index contributed by atoms with van der Waals surface area (Å²) in [7, 11) is 8.14. The molecule has 0 rings (SSSR count). The van der Waals surface area contributed by atoms with Crippen molar-refractivity contribution in [2.45, 2.75) is 25.4 Å². The van der Waals surface area contributed by atoms with Crippen LogP contribution in [-0.4, -0.2) is 62.3 Å². The normalized spacial score (nSPS) is 14.1. The van der Waals surface area contributed by atoms with E-state index in [2.05, 4.69) is 19.0 Å². The summed E-state index contributed by atoms with van der Waals surface area (Å²) in [5, 5.41) is 9.53. The molecule has 3 nitrogen and oxygen atoms in total. The molecule has 0 heterocycles. The Labute approximate surface area is 82.3 Å². The van der Waals surface area contributed by atoms with Crippen molar-refractivity contribution in [3.05, 3.63) is 0 Å². The number of hydrogen-bond donors (Lipinski definition) is 1. The van der Waals surface area contributed by atoms with Crippen molar-refractivity contribution in [2.24, 2.45) is 0 Å². The highest BCUT2D eigenvalue weighted by Gasteiger charge is 2.04. The van der Waals surface area contributed by atoms with Crippen LogP contribution in [0.4, 0.5) is 0 Å². The van der Waals surface area contributed by atoms with E-state index in [-0.39, 0.29) is 6.10 Å². The Morgan fingerprint density at radius 2 is 1.62 bits per heavy atom. The molecule has 1 unspecified atom stereocenters. The molecule has 1 atom stereocenters. The number of aliphatic hydroxyl groups is 1. The Morgan fingerprint density at radius 1 is 1.00 bits per heavy atom. The Hall–Kier alpha value is -0.120. The lowest BCUT2D eigenvalue weighted by molar-refractivity contribution is 0.124. The lowest BCUT2D eigenvalue weighted by Gasteiger charge is -2.16. The molecule has 0 amide bonds. The van der Waals surface area contributed by atoms with E-state index in [0.717, 1.165) is 25.9 Å². The highest BCUT2D eigenvalue weighted by Crippen LogP contribution is 2.02. The van der Waals surface area contributed by atoms with E-state index < -0.39 is 0 Å². The zero-order chi connectivity index (χ0) is 10.3. The predicted molar refractivity (Wildman–Crippen MR) is 57.0 cm³/mol. The van der Waals surface area contributed by atoms with Crippen LogP contribution in [0.5, 0.6) is 0 Å². The van der Waals surface area contributed by atoms with E-state index in [1.54, 1.807) is 0 Å². The molecule has 0 saturated carbocycles. The minimum Gasteiger partial charge on any atom is -0.392 e. The van der Waals surface area contributed by atoms with Gasteiger partial charge in [0.1, 0.15) is 0 Å². The monoisotopic (exact) mass is 188 g/mol. The zero-order valence-corrected chi connectivity index (χ0v) is 9.45. The lowest BCUT2D eigenvalue weighted by Crippen LogP contribution is -2.25. The quantitative estimate of drug-likeness (QED) is 0.594. The van der Waals surface area contributed by atoms with Crippen molar-refractivity contribution >= 4 is 0 Å². The molecular weight excluding hydrogens is 164 g/mol. The first-order valence-electron chi connectivity index (χ1n) is 5.00. The molecule has 0 aliphatic rings. The van der Waals surface area contributed by atoms with Crippen molar-refractivity contribution in [1.29, 1.82) is 0 Å². The number of nitrogens with zero attached hydrogens (tertiary/aromatic N) is 2. The molecule has 3 heteroatoms. The van der Waals surface area contributed by atoms with Crippen molar-refractivity contribution in [1.82, 2.24) is 9.80 Å². The maximum absolute atomic E-state index is 9.53. The van der Waals surface area contributed by atoms with Crippen LogP contribution < -0.4 is 0 Å². The molecule has 0 fully saturated rings. The number of aliphatic hydroxyl groups excluding tert-OH is 1. The fourth-order valence-electron chi connectivity index (χ4n) is 1.32. The topological polar surface area (TPSA) is 26.7 Å². The first kappa shape index (κ1) is 12.9. The van der Waals surface area contributed by atoms with Crippen LogP contribution in [-0.2, 0) is 0 Å². The number of unbranched alkanes of at least 4 members (excludes halogenated alkanes) is 1. The van der Waals surface area contributed by atoms with Gasteiger partial charge in [0.05, 0.1) is 6.10 Å². The molecule has 0 aromatic rings. The Morgan fingerprint density at radius 3 is 2.08 bits per heavy atom. The van der Waals surface area contributed by atoms with E-state index in [1.807, 2.05) is 19.0 Å². The van der Waals surface area contributed by atoms with Crippen molar-refractivity contribution in [3.8, 4) is 0 Å². The summed E-state index contributed by atoms with van der Waals surface area (Å²) in [5.41, 5.74) is 0. The SMILES string of the molecule is CN(C)CCCCC(O)CN(C)C. The Balaban J connectivity index is 3.22. The van der Waals surface area contributed by atoms with Gasteiger partial charge < -0.3 is 14.9 Å². The number of hydrogen-bond acceptors (Lipinski definition) is 3. The van der Waals surface area contributed by atoms with E-state index in [9.17, 15) is 5.11 Å². The third-order valence-corrected chi connectivity index (χ3v) is 1.97. The van der Waals surface area contributed by atoms with E-state index in [4.69, 9.17) is 0 Å². The first-order valence-corrected chi connectivity index (χ1v) is 5.00. The van der Waals surface area contributed by atoms with Crippen molar-refractivity contribution in [3.63, 3.8) is 0 Å². The molecule has 0 aromatic carbocycles. The smallest absolute Gasteiger partial charge is 0.0666 e. The summed E-state index contributed by atoms with van der Waals surface area (Å²) in [6.45, 7) is 1.90. The van der Waals surface area contributed by atoms with Crippen LogP contribution in [0.2, 0.25) is 0 Å². The predicted octanol–water partition coefficient (Wildman–Crippen LogP) is 0.641. The summed E-state index contributed by atoms with van der Waals surface area (Å²) in [5.74, 6) is 0. The molecule has 1 N–H and O–H groups in total. The summed E-state index contributed by atoms with van der Waals surface area (Å²) >= 11 is 0. The molecule has 80 valence electrons. The van der Waals surface area contributed by atoms with Gasteiger partial charge >= 0.3 is 0 Å².